The maximum absolute atomic E-state index is 11.8. The van der Waals surface area contributed by atoms with Gasteiger partial charge in [-0.15, -0.1) is 0 Å². The molecule has 7 nitrogen and oxygen atoms in total. The van der Waals surface area contributed by atoms with Crippen LogP contribution in [-0.2, 0) is 9.84 Å². The van der Waals surface area contributed by atoms with Crippen molar-refractivity contribution in [3.8, 4) is 0 Å². The van der Waals surface area contributed by atoms with Crippen LogP contribution in [0.1, 0.15) is 54.0 Å². The van der Waals surface area contributed by atoms with Crippen molar-refractivity contribution >= 4 is 26.8 Å². The monoisotopic (exact) mass is 337 g/mol. The average Bonchev–Trinajstić information content (AvgIpc) is 2.98. The molecule has 124 valence electrons. The van der Waals surface area contributed by atoms with Crippen molar-refractivity contribution in [2.45, 2.75) is 39.2 Å². The summed E-state index contributed by atoms with van der Waals surface area (Å²) in [5, 5.41) is 14.4. The number of pyridine rings is 1. The molecule has 1 aliphatic rings. The van der Waals surface area contributed by atoms with Gasteiger partial charge in [-0.2, -0.15) is 5.10 Å². The Kier molecular flexibility index (Phi) is 3.66. The summed E-state index contributed by atoms with van der Waals surface area (Å²) in [5.74, 6) is -0.804. The molecular formula is C15H19N3O4S. The Morgan fingerprint density at radius 2 is 2.13 bits per heavy atom. The number of aryl methyl sites for hydroxylation is 1. The number of rotatable bonds is 3. The second-order valence-electron chi connectivity index (χ2n) is 6.34. The molecule has 3 heterocycles. The highest BCUT2D eigenvalue weighted by Crippen LogP contribution is 2.31. The number of aromatic carboxylic acids is 1. The third-order valence-electron chi connectivity index (χ3n) is 4.23. The highest BCUT2D eigenvalue weighted by atomic mass is 32.2. The van der Waals surface area contributed by atoms with Crippen LogP contribution >= 0.6 is 0 Å². The smallest absolute Gasteiger partial charge is 0.336 e. The van der Waals surface area contributed by atoms with Crippen molar-refractivity contribution in [3.63, 3.8) is 0 Å². The van der Waals surface area contributed by atoms with Gasteiger partial charge >= 0.3 is 5.97 Å². The van der Waals surface area contributed by atoms with Gasteiger partial charge in [0.25, 0.3) is 0 Å². The summed E-state index contributed by atoms with van der Waals surface area (Å²) in [6.07, 6.45) is 0.481. The van der Waals surface area contributed by atoms with E-state index < -0.39 is 15.8 Å². The Bertz CT molecular complexity index is 899. The number of carboxylic acid groups (broad SMARTS) is 1. The van der Waals surface area contributed by atoms with E-state index in [1.807, 2.05) is 13.8 Å². The fourth-order valence-corrected chi connectivity index (χ4v) is 4.71. The zero-order chi connectivity index (χ0) is 16.9. The van der Waals surface area contributed by atoms with E-state index in [0.29, 0.717) is 28.8 Å². The lowest BCUT2D eigenvalue weighted by Gasteiger charge is -2.12. The molecule has 0 bridgehead atoms. The molecule has 0 saturated carbocycles. The van der Waals surface area contributed by atoms with E-state index in [1.54, 1.807) is 17.7 Å². The number of carboxylic acids is 1. The highest BCUT2D eigenvalue weighted by molar-refractivity contribution is 7.91. The first kappa shape index (κ1) is 15.9. The molecule has 3 rings (SSSR count). The van der Waals surface area contributed by atoms with Crippen molar-refractivity contribution in [2.75, 3.05) is 11.5 Å². The van der Waals surface area contributed by atoms with Gasteiger partial charge in [0.05, 0.1) is 34.2 Å². The Morgan fingerprint density at radius 1 is 1.43 bits per heavy atom. The third-order valence-corrected chi connectivity index (χ3v) is 5.98. The molecule has 23 heavy (non-hydrogen) atoms. The summed E-state index contributed by atoms with van der Waals surface area (Å²) in [7, 11) is -3.06. The normalized spacial score (nSPS) is 20.4. The molecular weight excluding hydrogens is 318 g/mol. The van der Waals surface area contributed by atoms with Gasteiger partial charge in [0, 0.05) is 5.69 Å². The van der Waals surface area contributed by atoms with Crippen LogP contribution in [0.15, 0.2) is 6.07 Å². The van der Waals surface area contributed by atoms with E-state index in [2.05, 4.69) is 10.1 Å². The minimum atomic E-state index is -3.06. The van der Waals surface area contributed by atoms with Gasteiger partial charge in [0.15, 0.2) is 15.5 Å². The molecule has 1 fully saturated rings. The predicted molar refractivity (Wildman–Crippen MR) is 85.6 cm³/mol. The lowest BCUT2D eigenvalue weighted by Crippen LogP contribution is -2.14. The number of sulfone groups is 1. The van der Waals surface area contributed by atoms with Crippen LogP contribution in [0.3, 0.4) is 0 Å². The number of fused-ring (bicyclic) bond motifs is 1. The Morgan fingerprint density at radius 3 is 2.65 bits per heavy atom. The number of nitrogens with zero attached hydrogens (tertiary/aromatic N) is 3. The fraction of sp³-hybridized carbons (Fsp3) is 0.533. The topological polar surface area (TPSA) is 102 Å². The minimum Gasteiger partial charge on any atom is -0.478 e. The van der Waals surface area contributed by atoms with Gasteiger partial charge in [-0.1, -0.05) is 13.8 Å². The van der Waals surface area contributed by atoms with Gasteiger partial charge in [0.1, 0.15) is 0 Å². The lowest BCUT2D eigenvalue weighted by atomic mass is 10.0. The molecule has 1 saturated heterocycles. The molecule has 0 aliphatic carbocycles. The van der Waals surface area contributed by atoms with Crippen LogP contribution in [-0.4, -0.2) is 45.8 Å². The second kappa shape index (κ2) is 5.30. The maximum atomic E-state index is 11.8. The van der Waals surface area contributed by atoms with Gasteiger partial charge in [-0.3, -0.25) is 0 Å². The van der Waals surface area contributed by atoms with Crippen molar-refractivity contribution in [2.24, 2.45) is 0 Å². The molecule has 0 spiro atoms. The lowest BCUT2D eigenvalue weighted by molar-refractivity contribution is 0.0698. The summed E-state index contributed by atoms with van der Waals surface area (Å²) in [4.78, 5) is 16.2. The first-order valence-electron chi connectivity index (χ1n) is 7.53. The molecule has 0 aromatic carbocycles. The molecule has 2 aromatic rings. The van der Waals surface area contributed by atoms with Gasteiger partial charge in [0.2, 0.25) is 0 Å². The zero-order valence-electron chi connectivity index (χ0n) is 13.3. The summed E-state index contributed by atoms with van der Waals surface area (Å²) in [5.41, 5.74) is 1.86. The first-order chi connectivity index (χ1) is 10.7. The summed E-state index contributed by atoms with van der Waals surface area (Å²) >= 11 is 0. The maximum Gasteiger partial charge on any atom is 0.336 e. The fourth-order valence-electron chi connectivity index (χ4n) is 3.02. The van der Waals surface area contributed by atoms with Crippen LogP contribution in [0.5, 0.6) is 0 Å². The quantitative estimate of drug-likeness (QED) is 0.918. The Hall–Kier alpha value is -1.96. The minimum absolute atomic E-state index is 0.0270. The largest absolute Gasteiger partial charge is 0.478 e. The number of hydrogen-bond acceptors (Lipinski definition) is 5. The highest BCUT2D eigenvalue weighted by Gasteiger charge is 2.32. The van der Waals surface area contributed by atoms with Gasteiger partial charge < -0.3 is 5.11 Å². The number of aromatic nitrogens is 3. The average molecular weight is 337 g/mol. The van der Waals surface area contributed by atoms with E-state index in [9.17, 15) is 18.3 Å². The zero-order valence-corrected chi connectivity index (χ0v) is 14.1. The van der Waals surface area contributed by atoms with E-state index >= 15 is 0 Å². The predicted octanol–water partition coefficient (Wildman–Crippen LogP) is 1.92. The first-order valence-corrected chi connectivity index (χ1v) is 9.35. The standard InChI is InChI=1S/C15H19N3O4S/c1-8(2)12-6-11(15(19)20)13-9(3)17-18(14(13)16-12)10-4-5-23(21,22)7-10/h6,8,10H,4-5,7H2,1-3H3,(H,19,20). The van der Waals surface area contributed by atoms with E-state index in [0.717, 1.165) is 0 Å². The number of hydrogen-bond donors (Lipinski definition) is 1. The van der Waals surface area contributed by atoms with Crippen LogP contribution in [0.25, 0.3) is 11.0 Å². The van der Waals surface area contributed by atoms with Crippen molar-refractivity contribution in [1.29, 1.82) is 0 Å². The molecule has 8 heteroatoms. The molecule has 1 atom stereocenters. The van der Waals surface area contributed by atoms with Crippen LogP contribution < -0.4 is 0 Å². The van der Waals surface area contributed by atoms with Crippen molar-refractivity contribution < 1.29 is 18.3 Å². The van der Waals surface area contributed by atoms with Crippen LogP contribution in [0.4, 0.5) is 0 Å². The number of carbonyl (C=O) groups is 1. The summed E-state index contributed by atoms with van der Waals surface area (Å²) < 4.78 is 25.1. The van der Waals surface area contributed by atoms with Gasteiger partial charge in [-0.05, 0) is 25.3 Å². The molecule has 1 N–H and O–H groups in total. The SMILES string of the molecule is Cc1nn(C2CCS(=O)(=O)C2)c2nc(C(C)C)cc(C(=O)O)c12. The summed E-state index contributed by atoms with van der Waals surface area (Å²) in [6, 6.07) is 1.30. The molecule has 1 aliphatic heterocycles. The third kappa shape index (κ3) is 2.71. The second-order valence-corrected chi connectivity index (χ2v) is 8.57. The van der Waals surface area contributed by atoms with E-state index in [-0.39, 0.29) is 29.0 Å². The molecule has 2 aromatic heterocycles. The van der Waals surface area contributed by atoms with Crippen LogP contribution in [0.2, 0.25) is 0 Å². The molecule has 1 unspecified atom stereocenters. The van der Waals surface area contributed by atoms with Crippen LogP contribution in [0, 0.1) is 6.92 Å². The molecule has 0 amide bonds. The Balaban J connectivity index is 2.26. The Labute approximate surface area is 134 Å². The van der Waals surface area contributed by atoms with E-state index in [1.165, 1.54) is 0 Å². The van der Waals surface area contributed by atoms with Gasteiger partial charge in [-0.25, -0.2) is 22.9 Å². The van der Waals surface area contributed by atoms with Crippen molar-refractivity contribution in [3.05, 3.63) is 23.0 Å². The van der Waals surface area contributed by atoms with Crippen molar-refractivity contribution in [1.82, 2.24) is 14.8 Å². The summed E-state index contributed by atoms with van der Waals surface area (Å²) in [6.45, 7) is 5.60. The van der Waals surface area contributed by atoms with E-state index in [4.69, 9.17) is 0 Å². The molecule has 0 radical (unpaired) electrons.